The zero-order chi connectivity index (χ0) is 14.1. The summed E-state index contributed by atoms with van der Waals surface area (Å²) in [7, 11) is 0. The summed E-state index contributed by atoms with van der Waals surface area (Å²) in [6.45, 7) is -0.530. The first-order chi connectivity index (χ1) is 9.70. The molecule has 0 saturated heterocycles. The molecule has 0 aliphatic rings. The van der Waals surface area contributed by atoms with Gasteiger partial charge in [0.2, 0.25) is 0 Å². The molecule has 0 saturated carbocycles. The molecule has 21 heavy (non-hydrogen) atoms. The van der Waals surface area contributed by atoms with Crippen molar-refractivity contribution in [1.29, 1.82) is 0 Å². The molecule has 5 nitrogen and oxygen atoms in total. The van der Waals surface area contributed by atoms with E-state index in [0.29, 0.717) is 5.75 Å². The van der Waals surface area contributed by atoms with Gasteiger partial charge in [-0.15, -0.1) is 0 Å². The van der Waals surface area contributed by atoms with Gasteiger partial charge >= 0.3 is 5.97 Å². The number of carboxylic acid groups (broad SMARTS) is 1. The molecule has 3 aromatic rings. The summed E-state index contributed by atoms with van der Waals surface area (Å²) >= 11 is 0. The molecule has 0 aliphatic carbocycles. The van der Waals surface area contributed by atoms with Gasteiger partial charge in [-0.1, -0.05) is 18.2 Å². The molecule has 2 N–H and O–H groups in total. The molecule has 0 spiro atoms. The van der Waals surface area contributed by atoms with E-state index in [0.717, 1.165) is 21.8 Å². The Hall–Kier alpha value is -1.43. The van der Waals surface area contributed by atoms with Crippen molar-refractivity contribution in [2.45, 2.75) is 6.54 Å². The van der Waals surface area contributed by atoms with Crippen LogP contribution in [0, 0.1) is 0 Å². The first-order valence-electron chi connectivity index (χ1n) is 6.17. The number of benzene rings is 2. The molecule has 0 aliphatic heterocycles. The summed E-state index contributed by atoms with van der Waals surface area (Å²) in [6.07, 6.45) is 0. The Bertz CT molecular complexity index is 797. The van der Waals surface area contributed by atoms with Crippen LogP contribution in [0.1, 0.15) is 0 Å². The van der Waals surface area contributed by atoms with Gasteiger partial charge in [0.25, 0.3) is 0 Å². The van der Waals surface area contributed by atoms with E-state index in [-0.39, 0.29) is 39.3 Å². The van der Waals surface area contributed by atoms with Crippen molar-refractivity contribution in [2.24, 2.45) is 0 Å². The first-order valence-corrected chi connectivity index (χ1v) is 6.17. The summed E-state index contributed by atoms with van der Waals surface area (Å²) in [5.74, 6) is -0.393. The zero-order valence-corrected chi connectivity index (χ0v) is 14.0. The fourth-order valence-corrected chi connectivity index (χ4v) is 2.50. The van der Waals surface area contributed by atoms with Crippen molar-refractivity contribution < 1.29 is 52.5 Å². The van der Waals surface area contributed by atoms with E-state index in [2.05, 4.69) is 0 Å². The van der Waals surface area contributed by atoms with E-state index in [1.807, 2.05) is 30.3 Å². The van der Waals surface area contributed by atoms with Crippen LogP contribution < -0.4 is 4.74 Å². The minimum absolute atomic E-state index is 0. The van der Waals surface area contributed by atoms with Crippen LogP contribution in [0.5, 0.6) is 5.75 Å². The molecule has 3 rings (SSSR count). The van der Waals surface area contributed by atoms with Crippen LogP contribution in [0.3, 0.4) is 0 Å². The minimum atomic E-state index is -0.902. The van der Waals surface area contributed by atoms with E-state index in [4.69, 9.17) is 14.9 Å². The summed E-state index contributed by atoms with van der Waals surface area (Å²) in [5.41, 5.74) is 1.64. The number of carboxylic acids is 1. The molecule has 2 aromatic carbocycles. The maximum Gasteiger partial charge on any atom is 0.323 e. The number of fused-ring (bicyclic) bond motifs is 3. The standard InChI is InChI=1S/C15H13NO4.Y/c17-9-20-10-5-6-12-11-3-1-2-4-13(11)16(8-15(18)19)14(12)7-10;/h1-7,17H,8-9H2,(H,18,19);. The number of aromatic nitrogens is 1. The number of nitrogens with zero attached hydrogens (tertiary/aromatic N) is 1. The third-order valence-electron chi connectivity index (χ3n) is 3.27. The SMILES string of the molecule is O=C(O)Cn1c2ccccc2c2ccc(OCO)cc21.[Y]. The second-order valence-electron chi connectivity index (χ2n) is 4.45. The van der Waals surface area contributed by atoms with Crippen molar-refractivity contribution >= 4 is 27.8 Å². The van der Waals surface area contributed by atoms with Gasteiger partial charge < -0.3 is 19.5 Å². The average molecular weight is 360 g/mol. The minimum Gasteiger partial charge on any atom is -0.480 e. The number of carbonyl (C=O) groups is 1. The molecular weight excluding hydrogens is 347 g/mol. The van der Waals surface area contributed by atoms with Crippen LogP contribution in [0.4, 0.5) is 0 Å². The van der Waals surface area contributed by atoms with Crippen LogP contribution in [0.15, 0.2) is 42.5 Å². The molecule has 0 bridgehead atoms. The second-order valence-corrected chi connectivity index (χ2v) is 4.45. The van der Waals surface area contributed by atoms with Gasteiger partial charge in [0.15, 0.2) is 6.79 Å². The molecular formula is C15H13NO4Y. The van der Waals surface area contributed by atoms with Crippen molar-refractivity contribution in [2.75, 3.05) is 6.79 Å². The molecule has 0 fully saturated rings. The Morgan fingerprint density at radius 3 is 2.52 bits per heavy atom. The monoisotopic (exact) mass is 360 g/mol. The molecule has 1 radical (unpaired) electrons. The number of aliphatic hydroxyl groups is 1. The Morgan fingerprint density at radius 2 is 1.81 bits per heavy atom. The molecule has 0 atom stereocenters. The van der Waals surface area contributed by atoms with Crippen LogP contribution >= 0.6 is 0 Å². The van der Waals surface area contributed by atoms with Crippen molar-refractivity contribution in [3.63, 3.8) is 0 Å². The number of hydrogen-bond donors (Lipinski definition) is 2. The maximum atomic E-state index is 11.1. The van der Waals surface area contributed by atoms with Gasteiger partial charge in [0.05, 0.1) is 5.52 Å². The largest absolute Gasteiger partial charge is 0.480 e. The van der Waals surface area contributed by atoms with E-state index in [1.54, 1.807) is 16.7 Å². The molecule has 105 valence electrons. The molecule has 0 unspecified atom stereocenters. The predicted octanol–water partition coefficient (Wildman–Crippen LogP) is 2.21. The number of para-hydroxylation sites is 1. The smallest absolute Gasteiger partial charge is 0.323 e. The third kappa shape index (κ3) is 2.95. The van der Waals surface area contributed by atoms with Crippen LogP contribution in [-0.4, -0.2) is 27.5 Å². The van der Waals surface area contributed by atoms with Crippen LogP contribution in [0.25, 0.3) is 21.8 Å². The van der Waals surface area contributed by atoms with Crippen molar-refractivity contribution in [3.05, 3.63) is 42.5 Å². The number of aliphatic hydroxyl groups excluding tert-OH is 1. The molecule has 1 heterocycles. The Balaban J connectivity index is 0.00000161. The van der Waals surface area contributed by atoms with Gasteiger partial charge in [-0.05, 0) is 18.2 Å². The normalized spacial score (nSPS) is 10.5. The van der Waals surface area contributed by atoms with Crippen molar-refractivity contribution in [3.8, 4) is 5.75 Å². The summed E-state index contributed by atoms with van der Waals surface area (Å²) < 4.78 is 6.80. The first kappa shape index (κ1) is 16.0. The van der Waals surface area contributed by atoms with Gasteiger partial charge in [-0.25, -0.2) is 0 Å². The van der Waals surface area contributed by atoms with Gasteiger partial charge in [-0.2, -0.15) is 0 Å². The van der Waals surface area contributed by atoms with Gasteiger partial charge in [-0.3, -0.25) is 4.79 Å². The van der Waals surface area contributed by atoms with E-state index >= 15 is 0 Å². The van der Waals surface area contributed by atoms with Crippen LogP contribution in [0.2, 0.25) is 0 Å². The number of hydrogen-bond acceptors (Lipinski definition) is 3. The maximum absolute atomic E-state index is 11.1. The molecule has 0 amide bonds. The fourth-order valence-electron chi connectivity index (χ4n) is 2.50. The van der Waals surface area contributed by atoms with E-state index < -0.39 is 12.8 Å². The molecule has 6 heteroatoms. The topological polar surface area (TPSA) is 71.7 Å². The van der Waals surface area contributed by atoms with Crippen molar-refractivity contribution in [1.82, 2.24) is 4.57 Å². The zero-order valence-electron chi connectivity index (χ0n) is 11.2. The summed E-state index contributed by atoms with van der Waals surface area (Å²) in [4.78, 5) is 11.1. The Kier molecular flexibility index (Phi) is 4.98. The third-order valence-corrected chi connectivity index (χ3v) is 3.27. The van der Waals surface area contributed by atoms with Gasteiger partial charge in [0.1, 0.15) is 12.3 Å². The average Bonchev–Trinajstić information content (AvgIpc) is 2.73. The number of ether oxygens (including phenoxy) is 1. The number of aliphatic carboxylic acids is 1. The fraction of sp³-hybridized carbons (Fsp3) is 0.133. The summed E-state index contributed by atoms with van der Waals surface area (Å²) in [6, 6.07) is 13.0. The summed E-state index contributed by atoms with van der Waals surface area (Å²) in [5, 5.41) is 19.9. The predicted molar refractivity (Wildman–Crippen MR) is 74.8 cm³/mol. The van der Waals surface area contributed by atoms with E-state index in [9.17, 15) is 4.79 Å². The van der Waals surface area contributed by atoms with Gasteiger partial charge in [0, 0.05) is 55.1 Å². The van der Waals surface area contributed by atoms with Crippen LogP contribution in [-0.2, 0) is 44.0 Å². The second kappa shape index (κ2) is 6.56. The Labute approximate surface area is 146 Å². The Morgan fingerprint density at radius 1 is 1.10 bits per heavy atom. The number of rotatable bonds is 4. The quantitative estimate of drug-likeness (QED) is 0.700. The van der Waals surface area contributed by atoms with E-state index in [1.165, 1.54) is 0 Å². The molecule has 1 aromatic heterocycles.